The van der Waals surface area contributed by atoms with Crippen LogP contribution in [-0.4, -0.2) is 41.8 Å². The number of hydrogen-bond donors (Lipinski definition) is 3. The third-order valence-corrected chi connectivity index (χ3v) is 6.65. The lowest BCUT2D eigenvalue weighted by Crippen LogP contribution is -2.57. The standard InChI is InChI=1S/C28H34N2O5/c1-6-11-23(25(31)32)29-26(33)28(4,5)24(17(2)3)30-27(34)35-16-22-20-14-9-7-12-18(20)19-13-8-10-15-21(19)22/h6-10,12-15,17,22-24H,1,11,16H2,2-5H3,(H,29,33)(H,30,34)(H,31,32). The van der Waals surface area contributed by atoms with Gasteiger partial charge in [0, 0.05) is 12.0 Å². The molecule has 2 unspecified atom stereocenters. The quantitative estimate of drug-likeness (QED) is 0.429. The monoisotopic (exact) mass is 478 g/mol. The number of carbonyl (C=O) groups excluding carboxylic acids is 2. The van der Waals surface area contributed by atoms with Crippen molar-refractivity contribution in [1.82, 2.24) is 10.6 Å². The van der Waals surface area contributed by atoms with Gasteiger partial charge in [-0.25, -0.2) is 9.59 Å². The maximum absolute atomic E-state index is 13.0. The van der Waals surface area contributed by atoms with E-state index in [1.807, 2.05) is 50.2 Å². The number of ether oxygens (including phenoxy) is 1. The molecular weight excluding hydrogens is 444 g/mol. The number of rotatable bonds is 10. The van der Waals surface area contributed by atoms with Crippen molar-refractivity contribution >= 4 is 18.0 Å². The van der Waals surface area contributed by atoms with Crippen LogP contribution in [0.5, 0.6) is 0 Å². The van der Waals surface area contributed by atoms with Gasteiger partial charge in [-0.1, -0.05) is 68.5 Å². The van der Waals surface area contributed by atoms with Crippen LogP contribution in [0.2, 0.25) is 0 Å². The average Bonchev–Trinajstić information content (AvgIpc) is 3.14. The summed E-state index contributed by atoms with van der Waals surface area (Å²) < 4.78 is 5.66. The minimum absolute atomic E-state index is 0.0720. The summed E-state index contributed by atoms with van der Waals surface area (Å²) in [6.45, 7) is 10.9. The molecule has 2 atom stereocenters. The Bertz CT molecular complexity index is 1060. The zero-order valence-corrected chi connectivity index (χ0v) is 20.7. The molecule has 35 heavy (non-hydrogen) atoms. The number of carboxylic acids is 1. The van der Waals surface area contributed by atoms with Crippen LogP contribution < -0.4 is 10.6 Å². The zero-order chi connectivity index (χ0) is 25.8. The van der Waals surface area contributed by atoms with Crippen LogP contribution in [0, 0.1) is 11.3 Å². The Kier molecular flexibility index (Phi) is 7.99. The molecule has 1 aliphatic rings. The van der Waals surface area contributed by atoms with E-state index in [1.54, 1.807) is 13.8 Å². The number of aliphatic carboxylic acids is 1. The van der Waals surface area contributed by atoms with Crippen LogP contribution in [0.3, 0.4) is 0 Å². The summed E-state index contributed by atoms with van der Waals surface area (Å²) >= 11 is 0. The molecule has 2 aromatic carbocycles. The molecule has 0 radical (unpaired) electrons. The number of alkyl carbamates (subject to hydrolysis) is 1. The Morgan fingerprint density at radius 3 is 2.06 bits per heavy atom. The van der Waals surface area contributed by atoms with Gasteiger partial charge in [0.2, 0.25) is 5.91 Å². The van der Waals surface area contributed by atoms with Crippen molar-refractivity contribution in [1.29, 1.82) is 0 Å². The molecule has 0 saturated heterocycles. The van der Waals surface area contributed by atoms with Crippen LogP contribution >= 0.6 is 0 Å². The fourth-order valence-electron chi connectivity index (χ4n) is 4.82. The predicted molar refractivity (Wildman–Crippen MR) is 135 cm³/mol. The summed E-state index contributed by atoms with van der Waals surface area (Å²) in [4.78, 5) is 37.4. The Morgan fingerprint density at radius 2 is 1.57 bits per heavy atom. The van der Waals surface area contributed by atoms with Gasteiger partial charge in [0.05, 0.1) is 5.41 Å². The highest BCUT2D eigenvalue weighted by Crippen LogP contribution is 2.44. The molecule has 0 saturated carbocycles. The van der Waals surface area contributed by atoms with E-state index in [-0.39, 0.29) is 24.9 Å². The first-order chi connectivity index (χ1) is 16.6. The SMILES string of the molecule is C=CCC(NC(=O)C(C)(C)C(NC(=O)OCC1c2ccccc2-c2ccccc21)C(C)C)C(=O)O. The van der Waals surface area contributed by atoms with Crippen molar-refractivity contribution in [3.8, 4) is 11.1 Å². The van der Waals surface area contributed by atoms with Crippen LogP contribution in [0.4, 0.5) is 4.79 Å². The average molecular weight is 479 g/mol. The van der Waals surface area contributed by atoms with E-state index in [9.17, 15) is 19.5 Å². The molecule has 1 aliphatic carbocycles. The van der Waals surface area contributed by atoms with E-state index in [0.29, 0.717) is 0 Å². The highest BCUT2D eigenvalue weighted by atomic mass is 16.5. The summed E-state index contributed by atoms with van der Waals surface area (Å²) in [5.74, 6) is -1.79. The molecule has 0 spiro atoms. The van der Waals surface area contributed by atoms with Crippen molar-refractivity contribution < 1.29 is 24.2 Å². The van der Waals surface area contributed by atoms with Gasteiger partial charge in [0.25, 0.3) is 0 Å². The van der Waals surface area contributed by atoms with Crippen molar-refractivity contribution in [2.75, 3.05) is 6.61 Å². The first kappa shape index (κ1) is 26.0. The topological polar surface area (TPSA) is 105 Å². The molecule has 0 bridgehead atoms. The lowest BCUT2D eigenvalue weighted by atomic mass is 9.77. The first-order valence-electron chi connectivity index (χ1n) is 11.8. The summed E-state index contributed by atoms with van der Waals surface area (Å²) in [6.07, 6.45) is 0.928. The molecule has 0 aromatic heterocycles. The minimum atomic E-state index is -1.14. The van der Waals surface area contributed by atoms with Gasteiger partial charge < -0.3 is 20.5 Å². The third kappa shape index (κ3) is 5.56. The maximum atomic E-state index is 13.0. The van der Waals surface area contributed by atoms with Crippen LogP contribution in [-0.2, 0) is 14.3 Å². The Morgan fingerprint density at radius 1 is 1.03 bits per heavy atom. The number of nitrogens with one attached hydrogen (secondary N) is 2. The van der Waals surface area contributed by atoms with Gasteiger partial charge in [-0.05, 0) is 48.4 Å². The third-order valence-electron chi connectivity index (χ3n) is 6.65. The summed E-state index contributed by atoms with van der Waals surface area (Å²) in [5, 5.41) is 14.8. The van der Waals surface area contributed by atoms with Gasteiger partial charge in [0.15, 0.2) is 0 Å². The van der Waals surface area contributed by atoms with Gasteiger partial charge >= 0.3 is 12.1 Å². The smallest absolute Gasteiger partial charge is 0.407 e. The Labute approximate surface area is 206 Å². The summed E-state index contributed by atoms with van der Waals surface area (Å²) in [6, 6.07) is 14.5. The number of amides is 2. The molecule has 3 rings (SSSR count). The van der Waals surface area contributed by atoms with E-state index >= 15 is 0 Å². The Balaban J connectivity index is 1.70. The number of benzene rings is 2. The molecule has 2 amide bonds. The van der Waals surface area contributed by atoms with E-state index < -0.39 is 35.5 Å². The molecule has 0 heterocycles. The van der Waals surface area contributed by atoms with E-state index in [2.05, 4.69) is 29.3 Å². The van der Waals surface area contributed by atoms with E-state index in [1.165, 1.54) is 6.08 Å². The molecule has 0 fully saturated rings. The molecular formula is C28H34N2O5. The minimum Gasteiger partial charge on any atom is -0.480 e. The second-order valence-corrected chi connectivity index (χ2v) is 9.80. The van der Waals surface area contributed by atoms with Crippen LogP contribution in [0.1, 0.15) is 51.2 Å². The molecule has 0 aliphatic heterocycles. The summed E-state index contributed by atoms with van der Waals surface area (Å²) in [5.41, 5.74) is 3.42. The first-order valence-corrected chi connectivity index (χ1v) is 11.8. The van der Waals surface area contributed by atoms with Gasteiger partial charge in [-0.3, -0.25) is 4.79 Å². The van der Waals surface area contributed by atoms with E-state index in [0.717, 1.165) is 22.3 Å². The number of carbonyl (C=O) groups is 3. The fraction of sp³-hybridized carbons (Fsp3) is 0.393. The number of carboxylic acid groups (broad SMARTS) is 1. The van der Waals surface area contributed by atoms with Crippen molar-refractivity contribution in [3.63, 3.8) is 0 Å². The molecule has 2 aromatic rings. The molecule has 7 heteroatoms. The predicted octanol–water partition coefficient (Wildman–Crippen LogP) is 4.72. The lowest BCUT2D eigenvalue weighted by Gasteiger charge is -2.36. The van der Waals surface area contributed by atoms with Crippen molar-refractivity contribution in [2.45, 2.75) is 52.1 Å². The fourth-order valence-corrected chi connectivity index (χ4v) is 4.82. The van der Waals surface area contributed by atoms with Gasteiger partial charge in [-0.15, -0.1) is 6.58 Å². The Hall–Kier alpha value is -3.61. The number of fused-ring (bicyclic) bond motifs is 3. The van der Waals surface area contributed by atoms with Gasteiger partial charge in [-0.2, -0.15) is 0 Å². The molecule has 186 valence electrons. The highest BCUT2D eigenvalue weighted by Gasteiger charge is 2.41. The van der Waals surface area contributed by atoms with Gasteiger partial charge in [0.1, 0.15) is 12.6 Å². The maximum Gasteiger partial charge on any atom is 0.407 e. The van der Waals surface area contributed by atoms with Crippen LogP contribution in [0.25, 0.3) is 11.1 Å². The highest BCUT2D eigenvalue weighted by molar-refractivity contribution is 5.88. The van der Waals surface area contributed by atoms with E-state index in [4.69, 9.17) is 4.74 Å². The number of hydrogen-bond acceptors (Lipinski definition) is 4. The van der Waals surface area contributed by atoms with Crippen molar-refractivity contribution in [2.24, 2.45) is 11.3 Å². The molecule has 3 N–H and O–H groups in total. The lowest BCUT2D eigenvalue weighted by molar-refractivity contribution is -0.144. The second kappa shape index (κ2) is 10.8. The van der Waals surface area contributed by atoms with Crippen LogP contribution in [0.15, 0.2) is 61.2 Å². The van der Waals surface area contributed by atoms with Crippen molar-refractivity contribution in [3.05, 3.63) is 72.3 Å². The summed E-state index contributed by atoms with van der Waals surface area (Å²) in [7, 11) is 0. The zero-order valence-electron chi connectivity index (χ0n) is 20.7. The second-order valence-electron chi connectivity index (χ2n) is 9.80. The normalized spacial score (nSPS) is 14.4. The largest absolute Gasteiger partial charge is 0.480 e. The molecule has 7 nitrogen and oxygen atoms in total.